The third-order valence-corrected chi connectivity index (χ3v) is 4.83. The highest BCUT2D eigenvalue weighted by Crippen LogP contribution is 2.29. The van der Waals surface area contributed by atoms with Gasteiger partial charge in [-0.3, -0.25) is 4.79 Å². The molecule has 1 amide bonds. The average molecular weight is 381 g/mol. The molecule has 5 nitrogen and oxygen atoms in total. The molecule has 0 aromatic heterocycles. The Kier molecular flexibility index (Phi) is 6.95. The van der Waals surface area contributed by atoms with Crippen molar-refractivity contribution < 1.29 is 19.0 Å². The Labute approximate surface area is 166 Å². The van der Waals surface area contributed by atoms with E-state index in [2.05, 4.69) is 0 Å². The van der Waals surface area contributed by atoms with Crippen LogP contribution in [-0.2, 0) is 11.4 Å². The Morgan fingerprint density at radius 2 is 1.71 bits per heavy atom. The maximum Gasteiger partial charge on any atom is 0.246 e. The molecule has 1 aliphatic rings. The van der Waals surface area contributed by atoms with Crippen molar-refractivity contribution in [2.24, 2.45) is 0 Å². The van der Waals surface area contributed by atoms with E-state index in [4.69, 9.17) is 14.2 Å². The third kappa shape index (κ3) is 5.28. The number of piperidine rings is 1. The van der Waals surface area contributed by atoms with Crippen LogP contribution in [0.4, 0.5) is 0 Å². The maximum atomic E-state index is 12.3. The van der Waals surface area contributed by atoms with Crippen molar-refractivity contribution >= 4 is 12.0 Å². The first-order valence-corrected chi connectivity index (χ1v) is 9.60. The van der Waals surface area contributed by atoms with E-state index in [9.17, 15) is 4.79 Å². The van der Waals surface area contributed by atoms with Crippen LogP contribution in [0.15, 0.2) is 48.5 Å². The van der Waals surface area contributed by atoms with Gasteiger partial charge in [0.2, 0.25) is 5.91 Å². The van der Waals surface area contributed by atoms with E-state index in [1.807, 2.05) is 53.4 Å². The minimum Gasteiger partial charge on any atom is -0.497 e. The summed E-state index contributed by atoms with van der Waals surface area (Å²) in [7, 11) is 3.26. The van der Waals surface area contributed by atoms with Gasteiger partial charge in [0.25, 0.3) is 0 Å². The lowest BCUT2D eigenvalue weighted by molar-refractivity contribution is -0.126. The summed E-state index contributed by atoms with van der Waals surface area (Å²) in [5, 5.41) is 0. The van der Waals surface area contributed by atoms with E-state index >= 15 is 0 Å². The maximum absolute atomic E-state index is 12.3. The Morgan fingerprint density at radius 1 is 0.964 bits per heavy atom. The standard InChI is InChI=1S/C23H27NO4/c1-26-20-10-6-19(7-11-20)17-28-21-12-8-18(16-22(21)27-2)9-13-23(25)24-14-4-3-5-15-24/h6-13,16H,3-5,14-15,17H2,1-2H3/b13-9+. The topological polar surface area (TPSA) is 48.0 Å². The number of hydrogen-bond donors (Lipinski definition) is 0. The SMILES string of the molecule is COc1ccc(COc2ccc(/C=C/C(=O)N3CCCCC3)cc2OC)cc1. The van der Waals surface area contributed by atoms with Gasteiger partial charge in [-0.25, -0.2) is 0 Å². The fraction of sp³-hybridized carbons (Fsp3) is 0.348. The van der Waals surface area contributed by atoms with E-state index in [-0.39, 0.29) is 5.91 Å². The first kappa shape index (κ1) is 19.8. The van der Waals surface area contributed by atoms with Crippen molar-refractivity contribution in [3.63, 3.8) is 0 Å². The van der Waals surface area contributed by atoms with Gasteiger partial charge in [-0.2, -0.15) is 0 Å². The second-order valence-electron chi connectivity index (χ2n) is 6.77. The van der Waals surface area contributed by atoms with Crippen LogP contribution in [0.3, 0.4) is 0 Å². The summed E-state index contributed by atoms with van der Waals surface area (Å²) in [6.07, 6.45) is 6.86. The fourth-order valence-corrected chi connectivity index (χ4v) is 3.18. The van der Waals surface area contributed by atoms with E-state index in [1.54, 1.807) is 20.3 Å². The fourth-order valence-electron chi connectivity index (χ4n) is 3.18. The highest BCUT2D eigenvalue weighted by atomic mass is 16.5. The predicted molar refractivity (Wildman–Crippen MR) is 110 cm³/mol. The molecule has 1 fully saturated rings. The molecule has 2 aromatic rings. The van der Waals surface area contributed by atoms with Crippen LogP contribution in [-0.4, -0.2) is 38.1 Å². The first-order valence-electron chi connectivity index (χ1n) is 9.60. The van der Waals surface area contributed by atoms with Crippen LogP contribution in [0, 0.1) is 0 Å². The Hall–Kier alpha value is -2.95. The molecule has 1 aliphatic heterocycles. The van der Waals surface area contributed by atoms with E-state index in [1.165, 1.54) is 6.42 Å². The number of hydrogen-bond acceptors (Lipinski definition) is 4. The van der Waals surface area contributed by atoms with Crippen LogP contribution in [0.2, 0.25) is 0 Å². The second-order valence-corrected chi connectivity index (χ2v) is 6.77. The molecule has 28 heavy (non-hydrogen) atoms. The molecule has 0 saturated carbocycles. The van der Waals surface area contributed by atoms with Gasteiger partial charge in [0.1, 0.15) is 12.4 Å². The van der Waals surface area contributed by atoms with Crippen LogP contribution in [0.25, 0.3) is 6.08 Å². The molecule has 0 unspecified atom stereocenters. The molecule has 148 valence electrons. The van der Waals surface area contributed by atoms with Gasteiger partial charge in [0.15, 0.2) is 11.5 Å². The number of rotatable bonds is 7. The largest absolute Gasteiger partial charge is 0.497 e. The minimum absolute atomic E-state index is 0.0681. The first-order chi connectivity index (χ1) is 13.7. The van der Waals surface area contributed by atoms with Crippen molar-refractivity contribution in [1.82, 2.24) is 4.90 Å². The summed E-state index contributed by atoms with van der Waals surface area (Å²) in [5.41, 5.74) is 1.94. The second kappa shape index (κ2) is 9.83. The lowest BCUT2D eigenvalue weighted by Crippen LogP contribution is -2.34. The molecule has 0 spiro atoms. The molecule has 3 rings (SSSR count). The number of ether oxygens (including phenoxy) is 3. The Morgan fingerprint density at radius 3 is 2.39 bits per heavy atom. The molecule has 1 heterocycles. The molecule has 2 aromatic carbocycles. The van der Waals surface area contributed by atoms with Crippen LogP contribution in [0.5, 0.6) is 17.2 Å². The van der Waals surface area contributed by atoms with Crippen molar-refractivity contribution in [3.05, 3.63) is 59.7 Å². The molecule has 5 heteroatoms. The number of amides is 1. The normalized spacial score (nSPS) is 14.1. The van der Waals surface area contributed by atoms with Crippen LogP contribution < -0.4 is 14.2 Å². The molecule has 0 atom stereocenters. The van der Waals surface area contributed by atoms with Crippen molar-refractivity contribution in [2.75, 3.05) is 27.3 Å². The lowest BCUT2D eigenvalue weighted by atomic mass is 10.1. The highest BCUT2D eigenvalue weighted by molar-refractivity contribution is 5.91. The molecular formula is C23H27NO4. The van der Waals surface area contributed by atoms with Crippen molar-refractivity contribution in [2.45, 2.75) is 25.9 Å². The summed E-state index contributed by atoms with van der Waals surface area (Å²) in [6.45, 7) is 2.14. The molecule has 0 aliphatic carbocycles. The summed E-state index contributed by atoms with van der Waals surface area (Å²) < 4.78 is 16.5. The van der Waals surface area contributed by atoms with Gasteiger partial charge < -0.3 is 19.1 Å². The van der Waals surface area contributed by atoms with Gasteiger partial charge in [-0.1, -0.05) is 18.2 Å². The number of carbonyl (C=O) groups is 1. The van der Waals surface area contributed by atoms with E-state index < -0.39 is 0 Å². The molecular weight excluding hydrogens is 354 g/mol. The third-order valence-electron chi connectivity index (χ3n) is 4.83. The average Bonchev–Trinajstić information content (AvgIpc) is 2.77. The summed E-state index contributed by atoms with van der Waals surface area (Å²) in [6, 6.07) is 13.4. The quantitative estimate of drug-likeness (QED) is 0.671. The Balaban J connectivity index is 1.62. The smallest absolute Gasteiger partial charge is 0.246 e. The van der Waals surface area contributed by atoms with Crippen LogP contribution >= 0.6 is 0 Å². The van der Waals surface area contributed by atoms with E-state index in [0.717, 1.165) is 42.8 Å². The zero-order valence-corrected chi connectivity index (χ0v) is 16.5. The molecule has 0 radical (unpaired) electrons. The van der Waals surface area contributed by atoms with Gasteiger partial charge in [0.05, 0.1) is 14.2 Å². The summed E-state index contributed by atoms with van der Waals surface area (Å²) in [4.78, 5) is 14.2. The van der Waals surface area contributed by atoms with Crippen molar-refractivity contribution in [3.8, 4) is 17.2 Å². The van der Waals surface area contributed by atoms with Gasteiger partial charge in [-0.15, -0.1) is 0 Å². The van der Waals surface area contributed by atoms with Gasteiger partial charge in [-0.05, 0) is 60.7 Å². The predicted octanol–water partition coefficient (Wildman–Crippen LogP) is 4.31. The number of likely N-dealkylation sites (tertiary alicyclic amines) is 1. The lowest BCUT2D eigenvalue weighted by Gasteiger charge is -2.25. The van der Waals surface area contributed by atoms with Crippen LogP contribution in [0.1, 0.15) is 30.4 Å². The van der Waals surface area contributed by atoms with Gasteiger partial charge in [0, 0.05) is 19.2 Å². The minimum atomic E-state index is 0.0681. The molecule has 0 bridgehead atoms. The monoisotopic (exact) mass is 381 g/mol. The summed E-state index contributed by atoms with van der Waals surface area (Å²) >= 11 is 0. The zero-order chi connectivity index (χ0) is 19.8. The summed E-state index contributed by atoms with van der Waals surface area (Å²) in [5.74, 6) is 2.19. The molecule has 1 saturated heterocycles. The van der Waals surface area contributed by atoms with Gasteiger partial charge >= 0.3 is 0 Å². The number of carbonyl (C=O) groups excluding carboxylic acids is 1. The number of nitrogens with zero attached hydrogens (tertiary/aromatic N) is 1. The Bertz CT molecular complexity index is 808. The number of methoxy groups -OCH3 is 2. The zero-order valence-electron chi connectivity index (χ0n) is 16.5. The molecule has 0 N–H and O–H groups in total. The highest BCUT2D eigenvalue weighted by Gasteiger charge is 2.13. The van der Waals surface area contributed by atoms with E-state index in [0.29, 0.717) is 18.1 Å². The number of benzene rings is 2. The van der Waals surface area contributed by atoms with Crippen molar-refractivity contribution in [1.29, 1.82) is 0 Å².